The molecule has 0 atom stereocenters. The first-order valence-corrected chi connectivity index (χ1v) is 5.04. The average molecular weight is 175 g/mol. The molecule has 0 unspecified atom stereocenters. The van der Waals surface area contributed by atoms with E-state index in [0.717, 1.165) is 0 Å². The van der Waals surface area contributed by atoms with E-state index in [4.69, 9.17) is 0 Å². The quantitative estimate of drug-likeness (QED) is 0.618. The first-order chi connectivity index (χ1) is 5.77. The highest BCUT2D eigenvalue weighted by Gasteiger charge is 2.00. The third-order valence-electron chi connectivity index (χ3n) is 2.10. The Morgan fingerprint density at radius 2 is 2.17 bits per heavy atom. The fraction of sp³-hybridized carbons (Fsp3) is 0.273. The van der Waals surface area contributed by atoms with Gasteiger partial charge in [0.05, 0.1) is 5.38 Å². The summed E-state index contributed by atoms with van der Waals surface area (Å²) in [5.74, 6) is 0.614. The zero-order valence-electron chi connectivity index (χ0n) is 7.29. The molecule has 2 aromatic rings. The second kappa shape index (κ2) is 2.91. The molecule has 0 aliphatic carbocycles. The minimum absolute atomic E-state index is 0.614. The van der Waals surface area contributed by atoms with Crippen LogP contribution < -0.4 is 0 Å². The molecule has 1 radical (unpaired) electrons. The largest absolute Gasteiger partial charge is 0.142 e. The SMILES string of the molecule is CC(C)c1ccc2cs[c]c2c1. The number of hydrogen-bond acceptors (Lipinski definition) is 1. The van der Waals surface area contributed by atoms with Crippen molar-refractivity contribution in [3.63, 3.8) is 0 Å². The van der Waals surface area contributed by atoms with Gasteiger partial charge in [-0.3, -0.25) is 0 Å². The third kappa shape index (κ3) is 1.25. The lowest BCUT2D eigenvalue weighted by molar-refractivity contribution is 0.869. The topological polar surface area (TPSA) is 0 Å². The lowest BCUT2D eigenvalue weighted by Gasteiger charge is -2.03. The predicted molar refractivity (Wildman–Crippen MR) is 54.8 cm³/mol. The van der Waals surface area contributed by atoms with Gasteiger partial charge in [0, 0.05) is 5.39 Å². The van der Waals surface area contributed by atoms with Gasteiger partial charge in [-0.15, -0.1) is 11.3 Å². The summed E-state index contributed by atoms with van der Waals surface area (Å²) in [6.45, 7) is 4.43. The molecule has 0 fully saturated rings. The molecule has 0 saturated carbocycles. The monoisotopic (exact) mass is 175 g/mol. The maximum Gasteiger partial charge on any atom is 0.0527 e. The highest BCUT2D eigenvalue weighted by Crippen LogP contribution is 2.23. The molecule has 61 valence electrons. The van der Waals surface area contributed by atoms with E-state index >= 15 is 0 Å². The summed E-state index contributed by atoms with van der Waals surface area (Å²) in [5.41, 5.74) is 1.40. The Bertz CT molecular complexity index is 385. The summed E-state index contributed by atoms with van der Waals surface area (Å²) in [7, 11) is 0. The summed E-state index contributed by atoms with van der Waals surface area (Å²) in [6.07, 6.45) is 0. The van der Waals surface area contributed by atoms with Crippen LogP contribution in [-0.4, -0.2) is 0 Å². The molecule has 0 bridgehead atoms. The molecular formula is C11H11S. The maximum atomic E-state index is 3.26. The average Bonchev–Trinajstić information content (AvgIpc) is 2.49. The normalized spacial score (nSPS) is 11.2. The van der Waals surface area contributed by atoms with Crippen LogP contribution in [0.3, 0.4) is 0 Å². The molecule has 0 spiro atoms. The number of thiophene rings is 1. The fourth-order valence-corrected chi connectivity index (χ4v) is 1.98. The number of fused-ring (bicyclic) bond motifs is 1. The van der Waals surface area contributed by atoms with Gasteiger partial charge in [0.25, 0.3) is 0 Å². The number of rotatable bonds is 1. The minimum Gasteiger partial charge on any atom is -0.142 e. The van der Waals surface area contributed by atoms with E-state index < -0.39 is 0 Å². The lowest BCUT2D eigenvalue weighted by Crippen LogP contribution is -1.84. The van der Waals surface area contributed by atoms with E-state index in [9.17, 15) is 0 Å². The summed E-state index contributed by atoms with van der Waals surface area (Å²) < 4.78 is 0. The van der Waals surface area contributed by atoms with E-state index in [-0.39, 0.29) is 0 Å². The standard InChI is InChI=1S/C11H11S/c1-8(2)9-3-4-10-6-12-7-11(10)5-9/h3-6,8H,1-2H3. The van der Waals surface area contributed by atoms with Crippen molar-refractivity contribution in [3.05, 3.63) is 34.5 Å². The van der Waals surface area contributed by atoms with Crippen LogP contribution in [-0.2, 0) is 0 Å². The van der Waals surface area contributed by atoms with Crippen LogP contribution in [0.1, 0.15) is 25.3 Å². The molecule has 0 nitrogen and oxygen atoms in total. The second-order valence-corrected chi connectivity index (χ2v) is 4.01. The van der Waals surface area contributed by atoms with Gasteiger partial charge < -0.3 is 0 Å². The molecular weight excluding hydrogens is 164 g/mol. The predicted octanol–water partition coefficient (Wildman–Crippen LogP) is 3.82. The van der Waals surface area contributed by atoms with Crippen LogP contribution in [0.4, 0.5) is 0 Å². The Morgan fingerprint density at radius 3 is 2.92 bits per heavy atom. The highest BCUT2D eigenvalue weighted by atomic mass is 32.1. The molecule has 0 N–H and O–H groups in total. The van der Waals surface area contributed by atoms with Crippen molar-refractivity contribution in [1.82, 2.24) is 0 Å². The lowest BCUT2D eigenvalue weighted by atomic mass is 10.0. The van der Waals surface area contributed by atoms with Crippen LogP contribution in [0, 0.1) is 5.38 Å². The zero-order valence-corrected chi connectivity index (χ0v) is 8.11. The molecule has 0 saturated heterocycles. The summed E-state index contributed by atoms with van der Waals surface area (Å²) >= 11 is 1.65. The van der Waals surface area contributed by atoms with Gasteiger partial charge in [-0.1, -0.05) is 26.0 Å². The van der Waals surface area contributed by atoms with Gasteiger partial charge >= 0.3 is 0 Å². The van der Waals surface area contributed by atoms with Gasteiger partial charge in [0.15, 0.2) is 0 Å². The van der Waals surface area contributed by atoms with Crippen molar-refractivity contribution < 1.29 is 0 Å². The summed E-state index contributed by atoms with van der Waals surface area (Å²) in [5, 5.41) is 7.96. The van der Waals surface area contributed by atoms with Crippen molar-refractivity contribution in [2.75, 3.05) is 0 Å². The molecule has 12 heavy (non-hydrogen) atoms. The molecule has 0 aliphatic rings. The van der Waals surface area contributed by atoms with Crippen molar-refractivity contribution in [2.24, 2.45) is 0 Å². The van der Waals surface area contributed by atoms with E-state index in [1.165, 1.54) is 16.3 Å². The van der Waals surface area contributed by atoms with Crippen LogP contribution >= 0.6 is 11.3 Å². The highest BCUT2D eigenvalue weighted by molar-refractivity contribution is 7.08. The summed E-state index contributed by atoms with van der Waals surface area (Å²) in [6, 6.07) is 6.61. The van der Waals surface area contributed by atoms with E-state index in [1.54, 1.807) is 11.3 Å². The van der Waals surface area contributed by atoms with Crippen LogP contribution in [0.2, 0.25) is 0 Å². The van der Waals surface area contributed by atoms with Crippen molar-refractivity contribution in [2.45, 2.75) is 19.8 Å². The number of hydrogen-bond donors (Lipinski definition) is 0. The molecule has 1 aromatic carbocycles. The molecule has 2 rings (SSSR count). The minimum atomic E-state index is 0.614. The van der Waals surface area contributed by atoms with Crippen LogP contribution in [0.25, 0.3) is 10.8 Å². The third-order valence-corrected chi connectivity index (χ3v) is 2.81. The first kappa shape index (κ1) is 7.81. The second-order valence-electron chi connectivity index (χ2n) is 3.34. The Labute approximate surface area is 76.8 Å². The van der Waals surface area contributed by atoms with E-state index in [0.29, 0.717) is 5.92 Å². The van der Waals surface area contributed by atoms with Crippen molar-refractivity contribution in [1.29, 1.82) is 0 Å². The smallest absolute Gasteiger partial charge is 0.0527 e. The van der Waals surface area contributed by atoms with Gasteiger partial charge in [-0.05, 0) is 28.3 Å². The molecule has 0 amide bonds. The molecule has 1 heterocycles. The Hall–Kier alpha value is -0.820. The van der Waals surface area contributed by atoms with E-state index in [1.807, 2.05) is 0 Å². The zero-order chi connectivity index (χ0) is 8.55. The van der Waals surface area contributed by atoms with Crippen LogP contribution in [0.15, 0.2) is 23.6 Å². The fourth-order valence-electron chi connectivity index (χ4n) is 1.28. The molecule has 0 aliphatic heterocycles. The Morgan fingerprint density at radius 1 is 1.33 bits per heavy atom. The van der Waals surface area contributed by atoms with Gasteiger partial charge in [-0.2, -0.15) is 0 Å². The summed E-state index contributed by atoms with van der Waals surface area (Å²) in [4.78, 5) is 0. The maximum absolute atomic E-state index is 3.26. The molecule has 1 aromatic heterocycles. The van der Waals surface area contributed by atoms with E-state index in [2.05, 4.69) is 42.8 Å². The van der Waals surface area contributed by atoms with Gasteiger partial charge in [0.1, 0.15) is 0 Å². The van der Waals surface area contributed by atoms with Crippen molar-refractivity contribution in [3.8, 4) is 0 Å². The Kier molecular flexibility index (Phi) is 1.89. The molecule has 1 heteroatoms. The Balaban J connectivity index is 2.60. The first-order valence-electron chi connectivity index (χ1n) is 4.16. The van der Waals surface area contributed by atoms with Crippen molar-refractivity contribution >= 4 is 22.1 Å². The number of benzene rings is 1. The van der Waals surface area contributed by atoms with Gasteiger partial charge in [0.2, 0.25) is 0 Å². The van der Waals surface area contributed by atoms with Crippen LogP contribution in [0.5, 0.6) is 0 Å². The van der Waals surface area contributed by atoms with Gasteiger partial charge in [-0.25, -0.2) is 0 Å².